The number of halogens is 1. The Kier molecular flexibility index (Phi) is 4.22. The lowest BCUT2D eigenvalue weighted by Gasteiger charge is -2.34. The van der Waals surface area contributed by atoms with Crippen LogP contribution in [0.4, 0.5) is 10.5 Å². The summed E-state index contributed by atoms with van der Waals surface area (Å²) in [6.07, 6.45) is -0.255. The topological polar surface area (TPSA) is 65.2 Å². The highest BCUT2D eigenvalue weighted by Gasteiger charge is 2.36. The van der Waals surface area contributed by atoms with Crippen LogP contribution in [0, 0.1) is 6.92 Å². The van der Waals surface area contributed by atoms with Gasteiger partial charge in [0.15, 0.2) is 6.10 Å². The van der Waals surface area contributed by atoms with Gasteiger partial charge in [0.25, 0.3) is 5.91 Å². The number of nitrogens with zero attached hydrogens (tertiary/aromatic N) is 2. The van der Waals surface area contributed by atoms with Gasteiger partial charge in [0.1, 0.15) is 0 Å². The number of aryl methyl sites for hydroxylation is 1. The molecule has 6 nitrogen and oxygen atoms in total. The SMILES string of the molecule is Cc1ccc(NC(=O)N2CCN(C(=O)C3CO3)CC2)cc1Cl. The van der Waals surface area contributed by atoms with Crippen molar-refractivity contribution < 1.29 is 14.3 Å². The Labute approximate surface area is 134 Å². The second-order valence-electron chi connectivity index (χ2n) is 5.53. The third-order valence-electron chi connectivity index (χ3n) is 3.91. The first-order valence-corrected chi connectivity index (χ1v) is 7.65. The van der Waals surface area contributed by atoms with Crippen molar-refractivity contribution in [2.45, 2.75) is 13.0 Å². The number of nitrogens with one attached hydrogen (secondary N) is 1. The molecule has 118 valence electrons. The molecule has 22 heavy (non-hydrogen) atoms. The molecule has 0 spiro atoms. The Morgan fingerprint density at radius 1 is 1.23 bits per heavy atom. The van der Waals surface area contributed by atoms with Crippen LogP contribution >= 0.6 is 11.6 Å². The van der Waals surface area contributed by atoms with Gasteiger partial charge in [-0.15, -0.1) is 0 Å². The van der Waals surface area contributed by atoms with Crippen molar-refractivity contribution in [3.8, 4) is 0 Å². The zero-order valence-corrected chi connectivity index (χ0v) is 13.1. The van der Waals surface area contributed by atoms with Gasteiger partial charge >= 0.3 is 6.03 Å². The number of rotatable bonds is 2. The Morgan fingerprint density at radius 2 is 1.86 bits per heavy atom. The highest BCUT2D eigenvalue weighted by molar-refractivity contribution is 6.31. The van der Waals surface area contributed by atoms with Crippen LogP contribution in [0.3, 0.4) is 0 Å². The van der Waals surface area contributed by atoms with Crippen molar-refractivity contribution in [2.75, 3.05) is 38.1 Å². The number of hydrogen-bond acceptors (Lipinski definition) is 3. The fraction of sp³-hybridized carbons (Fsp3) is 0.467. The molecule has 2 fully saturated rings. The molecular formula is C15H18ClN3O3. The lowest BCUT2D eigenvalue weighted by Crippen LogP contribution is -2.52. The predicted molar refractivity (Wildman–Crippen MR) is 83.1 cm³/mol. The van der Waals surface area contributed by atoms with E-state index in [1.54, 1.807) is 15.9 Å². The fourth-order valence-corrected chi connectivity index (χ4v) is 2.58. The normalized spacial score (nSPS) is 20.7. The summed E-state index contributed by atoms with van der Waals surface area (Å²) >= 11 is 6.05. The van der Waals surface area contributed by atoms with Crippen LogP contribution in [0.2, 0.25) is 5.02 Å². The average molecular weight is 324 g/mol. The van der Waals surface area contributed by atoms with Crippen molar-refractivity contribution in [1.82, 2.24) is 9.80 Å². The highest BCUT2D eigenvalue weighted by atomic mass is 35.5. The average Bonchev–Trinajstić information content (AvgIpc) is 3.35. The third kappa shape index (κ3) is 3.34. The summed E-state index contributed by atoms with van der Waals surface area (Å²) in [6.45, 7) is 4.55. The van der Waals surface area contributed by atoms with Gasteiger partial charge in [0.2, 0.25) is 0 Å². The first-order valence-electron chi connectivity index (χ1n) is 7.27. The highest BCUT2D eigenvalue weighted by Crippen LogP contribution is 2.20. The Morgan fingerprint density at radius 3 is 2.45 bits per heavy atom. The summed E-state index contributed by atoms with van der Waals surface area (Å²) in [4.78, 5) is 27.5. The molecule has 0 saturated carbocycles. The van der Waals surface area contributed by atoms with Gasteiger partial charge in [-0.05, 0) is 24.6 Å². The number of urea groups is 1. The van der Waals surface area contributed by atoms with Gasteiger partial charge < -0.3 is 19.9 Å². The van der Waals surface area contributed by atoms with Crippen LogP contribution in [0.25, 0.3) is 0 Å². The Balaban J connectivity index is 1.53. The molecule has 0 radical (unpaired) electrons. The zero-order chi connectivity index (χ0) is 15.7. The summed E-state index contributed by atoms with van der Waals surface area (Å²) in [5.74, 6) is 0.0328. The second-order valence-corrected chi connectivity index (χ2v) is 5.94. The van der Waals surface area contributed by atoms with Crippen molar-refractivity contribution in [3.05, 3.63) is 28.8 Å². The van der Waals surface area contributed by atoms with E-state index in [0.717, 1.165) is 5.56 Å². The summed E-state index contributed by atoms with van der Waals surface area (Å²) in [5, 5.41) is 3.46. The number of benzene rings is 1. The number of carbonyl (C=O) groups excluding carboxylic acids is 2. The lowest BCUT2D eigenvalue weighted by molar-refractivity contribution is -0.133. The maximum Gasteiger partial charge on any atom is 0.321 e. The minimum atomic E-state index is -0.255. The van der Waals surface area contributed by atoms with Crippen LogP contribution in [0.5, 0.6) is 0 Å². The molecule has 3 rings (SSSR count). The first kappa shape index (κ1) is 15.1. The quantitative estimate of drug-likeness (QED) is 0.843. The van der Waals surface area contributed by atoms with Crippen LogP contribution < -0.4 is 5.32 Å². The van der Waals surface area contributed by atoms with Gasteiger partial charge in [0.05, 0.1) is 6.61 Å². The van der Waals surface area contributed by atoms with E-state index in [-0.39, 0.29) is 18.0 Å². The molecule has 1 N–H and O–H groups in total. The first-order chi connectivity index (χ1) is 10.5. The van der Waals surface area contributed by atoms with Gasteiger partial charge in [-0.3, -0.25) is 4.79 Å². The molecule has 2 aliphatic heterocycles. The molecule has 1 atom stereocenters. The summed E-state index contributed by atoms with van der Waals surface area (Å²) < 4.78 is 5.00. The zero-order valence-electron chi connectivity index (χ0n) is 12.3. The van der Waals surface area contributed by atoms with E-state index >= 15 is 0 Å². The minimum absolute atomic E-state index is 0.0328. The van der Waals surface area contributed by atoms with Crippen LogP contribution in [0.15, 0.2) is 18.2 Å². The van der Waals surface area contributed by atoms with E-state index in [4.69, 9.17) is 16.3 Å². The molecule has 1 aromatic rings. The number of piperazine rings is 1. The second kappa shape index (κ2) is 6.14. The van der Waals surface area contributed by atoms with Crippen LogP contribution in [0.1, 0.15) is 5.56 Å². The fourth-order valence-electron chi connectivity index (χ4n) is 2.40. The summed E-state index contributed by atoms with van der Waals surface area (Å²) in [7, 11) is 0. The molecular weight excluding hydrogens is 306 g/mol. The number of carbonyl (C=O) groups is 2. The smallest absolute Gasteiger partial charge is 0.321 e. The molecule has 0 bridgehead atoms. The Hall–Kier alpha value is -1.79. The van der Waals surface area contributed by atoms with Gasteiger partial charge in [-0.2, -0.15) is 0 Å². The van der Waals surface area contributed by atoms with E-state index < -0.39 is 0 Å². The predicted octanol–water partition coefficient (Wildman–Crippen LogP) is 1.72. The monoisotopic (exact) mass is 323 g/mol. The maximum absolute atomic E-state index is 12.2. The van der Waals surface area contributed by atoms with Crippen molar-refractivity contribution in [2.24, 2.45) is 0 Å². The van der Waals surface area contributed by atoms with E-state index in [1.165, 1.54) is 0 Å². The van der Waals surface area contributed by atoms with E-state index in [0.29, 0.717) is 43.5 Å². The van der Waals surface area contributed by atoms with Crippen molar-refractivity contribution in [3.63, 3.8) is 0 Å². The van der Waals surface area contributed by atoms with E-state index in [9.17, 15) is 9.59 Å². The van der Waals surface area contributed by atoms with Crippen LogP contribution in [-0.2, 0) is 9.53 Å². The van der Waals surface area contributed by atoms with Gasteiger partial charge in [-0.1, -0.05) is 17.7 Å². The number of amides is 3. The van der Waals surface area contributed by atoms with Gasteiger partial charge in [0, 0.05) is 36.9 Å². The number of hydrogen-bond donors (Lipinski definition) is 1. The van der Waals surface area contributed by atoms with Crippen molar-refractivity contribution in [1.29, 1.82) is 0 Å². The van der Waals surface area contributed by atoms with Crippen molar-refractivity contribution >= 4 is 29.2 Å². The molecule has 1 aromatic carbocycles. The largest absolute Gasteiger partial charge is 0.363 e. The van der Waals surface area contributed by atoms with E-state index in [1.807, 2.05) is 19.1 Å². The molecule has 7 heteroatoms. The lowest BCUT2D eigenvalue weighted by atomic mass is 10.2. The third-order valence-corrected chi connectivity index (χ3v) is 4.32. The van der Waals surface area contributed by atoms with E-state index in [2.05, 4.69) is 5.32 Å². The minimum Gasteiger partial charge on any atom is -0.363 e. The molecule has 0 aromatic heterocycles. The van der Waals surface area contributed by atoms with Crippen LogP contribution in [-0.4, -0.2) is 60.6 Å². The number of ether oxygens (including phenoxy) is 1. The molecule has 2 aliphatic rings. The number of epoxide rings is 1. The molecule has 3 amide bonds. The number of anilines is 1. The summed E-state index contributed by atoms with van der Waals surface area (Å²) in [6, 6.07) is 5.25. The van der Waals surface area contributed by atoms with Gasteiger partial charge in [-0.25, -0.2) is 4.79 Å². The molecule has 1 unspecified atom stereocenters. The Bertz CT molecular complexity index is 596. The molecule has 2 saturated heterocycles. The maximum atomic E-state index is 12.2. The summed E-state index contributed by atoms with van der Waals surface area (Å²) in [5.41, 5.74) is 1.64. The molecule has 2 heterocycles. The molecule has 0 aliphatic carbocycles. The standard InChI is InChI=1S/C15H18ClN3O3/c1-10-2-3-11(8-12(10)16)17-15(21)19-6-4-18(5-7-19)14(20)13-9-22-13/h2-3,8,13H,4-7,9H2,1H3,(H,17,21).